The van der Waals surface area contributed by atoms with Crippen molar-refractivity contribution in [2.75, 3.05) is 5.73 Å². The van der Waals surface area contributed by atoms with E-state index in [-0.39, 0.29) is 0 Å². The van der Waals surface area contributed by atoms with Crippen molar-refractivity contribution in [3.63, 3.8) is 0 Å². The van der Waals surface area contributed by atoms with Crippen LogP contribution in [0.1, 0.15) is 42.2 Å². The number of primary amides is 1. The van der Waals surface area contributed by atoms with Gasteiger partial charge in [0.2, 0.25) is 0 Å². The molecule has 1 amide bonds. The van der Waals surface area contributed by atoms with Gasteiger partial charge in [-0.25, -0.2) is 0 Å². The predicted octanol–water partition coefficient (Wildman–Crippen LogP) is 0.679. The highest BCUT2D eigenvalue weighted by Gasteiger charge is 2.23. The van der Waals surface area contributed by atoms with Crippen LogP contribution in [0.4, 0.5) is 5.69 Å². The zero-order valence-electron chi connectivity index (χ0n) is 7.94. The first-order chi connectivity index (χ1) is 6.70. The lowest BCUT2D eigenvalue weighted by Gasteiger charge is -2.12. The molecule has 1 heterocycles. The van der Waals surface area contributed by atoms with Crippen LogP contribution in [0.25, 0.3) is 0 Å². The van der Waals surface area contributed by atoms with E-state index < -0.39 is 5.91 Å². The Morgan fingerprint density at radius 3 is 2.71 bits per heavy atom. The molecule has 5 heteroatoms. The van der Waals surface area contributed by atoms with Gasteiger partial charge in [0, 0.05) is 0 Å². The third kappa shape index (κ3) is 1.34. The van der Waals surface area contributed by atoms with E-state index in [1.807, 2.05) is 0 Å². The van der Waals surface area contributed by atoms with Crippen LogP contribution in [-0.2, 0) is 0 Å². The smallest absolute Gasteiger partial charge is 0.269 e. The lowest BCUT2D eigenvalue weighted by atomic mass is 10.2. The average molecular weight is 194 g/mol. The highest BCUT2D eigenvalue weighted by molar-refractivity contribution is 5.96. The van der Waals surface area contributed by atoms with Crippen LogP contribution in [0.15, 0.2) is 6.20 Å². The molecule has 14 heavy (non-hydrogen) atoms. The van der Waals surface area contributed by atoms with E-state index in [9.17, 15) is 4.79 Å². The van der Waals surface area contributed by atoms with Crippen LogP contribution < -0.4 is 11.5 Å². The highest BCUT2D eigenvalue weighted by atomic mass is 16.1. The van der Waals surface area contributed by atoms with Gasteiger partial charge < -0.3 is 11.5 Å². The number of aromatic nitrogens is 2. The molecule has 5 nitrogen and oxygen atoms in total. The predicted molar refractivity (Wildman–Crippen MR) is 52.7 cm³/mol. The van der Waals surface area contributed by atoms with Gasteiger partial charge in [0.15, 0.2) is 0 Å². The summed E-state index contributed by atoms with van der Waals surface area (Å²) in [6.45, 7) is 0. The van der Waals surface area contributed by atoms with Crippen LogP contribution in [0, 0.1) is 0 Å². The fourth-order valence-corrected chi connectivity index (χ4v) is 2.06. The molecule has 0 bridgehead atoms. The molecule has 0 saturated heterocycles. The van der Waals surface area contributed by atoms with E-state index in [0.29, 0.717) is 17.4 Å². The summed E-state index contributed by atoms with van der Waals surface area (Å²) < 4.78 is 1.69. The number of rotatable bonds is 2. The van der Waals surface area contributed by atoms with Crippen molar-refractivity contribution in [3.8, 4) is 0 Å². The first kappa shape index (κ1) is 9.05. The Morgan fingerprint density at radius 2 is 2.14 bits per heavy atom. The van der Waals surface area contributed by atoms with Gasteiger partial charge in [0.05, 0.1) is 17.9 Å². The Bertz CT molecular complexity index is 352. The number of nitrogens with zero attached hydrogens (tertiary/aromatic N) is 2. The fourth-order valence-electron chi connectivity index (χ4n) is 2.06. The van der Waals surface area contributed by atoms with Gasteiger partial charge in [0.1, 0.15) is 5.69 Å². The second-order valence-corrected chi connectivity index (χ2v) is 3.70. The molecule has 1 aliphatic rings. The van der Waals surface area contributed by atoms with Crippen molar-refractivity contribution in [3.05, 3.63) is 11.9 Å². The molecule has 1 aromatic rings. The molecule has 1 aromatic heterocycles. The molecular weight excluding hydrogens is 180 g/mol. The number of anilines is 1. The molecule has 1 fully saturated rings. The van der Waals surface area contributed by atoms with E-state index >= 15 is 0 Å². The Labute approximate surface area is 82.1 Å². The summed E-state index contributed by atoms with van der Waals surface area (Å²) >= 11 is 0. The number of amides is 1. The summed E-state index contributed by atoms with van der Waals surface area (Å²) in [5.74, 6) is -0.494. The standard InChI is InChI=1S/C9H14N4O/c10-7-5-12-13(8(7)9(11)14)6-3-1-2-4-6/h5-6H,1-4,10H2,(H2,11,14). The second kappa shape index (κ2) is 3.32. The third-order valence-corrected chi connectivity index (χ3v) is 2.73. The van der Waals surface area contributed by atoms with Crippen molar-refractivity contribution in [2.24, 2.45) is 5.73 Å². The van der Waals surface area contributed by atoms with Crippen molar-refractivity contribution in [1.29, 1.82) is 0 Å². The first-order valence-electron chi connectivity index (χ1n) is 4.83. The maximum Gasteiger partial charge on any atom is 0.269 e. The molecule has 76 valence electrons. The molecule has 0 radical (unpaired) electrons. The molecule has 1 saturated carbocycles. The minimum absolute atomic E-state index is 0.301. The summed E-state index contributed by atoms with van der Waals surface area (Å²) in [6.07, 6.45) is 5.98. The van der Waals surface area contributed by atoms with Crippen molar-refractivity contribution >= 4 is 11.6 Å². The first-order valence-corrected chi connectivity index (χ1v) is 4.83. The maximum absolute atomic E-state index is 11.1. The number of carbonyl (C=O) groups is 1. The van der Waals surface area contributed by atoms with E-state index in [1.165, 1.54) is 19.0 Å². The highest BCUT2D eigenvalue weighted by Crippen LogP contribution is 2.30. The third-order valence-electron chi connectivity index (χ3n) is 2.73. The monoisotopic (exact) mass is 194 g/mol. The van der Waals surface area contributed by atoms with Crippen molar-refractivity contribution in [1.82, 2.24) is 9.78 Å². The molecule has 0 aliphatic heterocycles. The summed E-state index contributed by atoms with van der Waals surface area (Å²) in [5, 5.41) is 4.11. The molecule has 4 N–H and O–H groups in total. The van der Waals surface area contributed by atoms with Crippen molar-refractivity contribution in [2.45, 2.75) is 31.7 Å². The van der Waals surface area contributed by atoms with Gasteiger partial charge in [0.25, 0.3) is 5.91 Å². The molecule has 1 aliphatic carbocycles. The van der Waals surface area contributed by atoms with E-state index in [2.05, 4.69) is 5.10 Å². The van der Waals surface area contributed by atoms with E-state index in [1.54, 1.807) is 4.68 Å². The van der Waals surface area contributed by atoms with Gasteiger partial charge in [-0.2, -0.15) is 5.10 Å². The Kier molecular flexibility index (Phi) is 2.15. The topological polar surface area (TPSA) is 86.9 Å². The SMILES string of the molecule is NC(=O)c1c(N)cnn1C1CCCC1. The molecular formula is C9H14N4O. The fraction of sp³-hybridized carbons (Fsp3) is 0.556. The summed E-state index contributed by atoms with van der Waals surface area (Å²) in [7, 11) is 0. The summed E-state index contributed by atoms with van der Waals surface area (Å²) in [4.78, 5) is 11.1. The molecule has 0 aromatic carbocycles. The van der Waals surface area contributed by atoms with Crippen LogP contribution in [0.5, 0.6) is 0 Å². The molecule has 0 spiro atoms. The van der Waals surface area contributed by atoms with Crippen LogP contribution in [0.3, 0.4) is 0 Å². The van der Waals surface area contributed by atoms with Gasteiger partial charge >= 0.3 is 0 Å². The van der Waals surface area contributed by atoms with Crippen LogP contribution in [-0.4, -0.2) is 15.7 Å². The van der Waals surface area contributed by atoms with Gasteiger partial charge in [-0.1, -0.05) is 12.8 Å². The zero-order valence-corrected chi connectivity index (χ0v) is 7.94. The summed E-state index contributed by atoms with van der Waals surface area (Å²) in [5.41, 5.74) is 11.6. The number of hydrogen-bond donors (Lipinski definition) is 2. The largest absolute Gasteiger partial charge is 0.396 e. The minimum Gasteiger partial charge on any atom is -0.396 e. The van der Waals surface area contributed by atoms with Gasteiger partial charge in [-0.3, -0.25) is 9.48 Å². The van der Waals surface area contributed by atoms with E-state index in [4.69, 9.17) is 11.5 Å². The minimum atomic E-state index is -0.494. The summed E-state index contributed by atoms with van der Waals surface area (Å²) in [6, 6.07) is 0.301. The second-order valence-electron chi connectivity index (χ2n) is 3.70. The molecule has 0 unspecified atom stereocenters. The lowest BCUT2D eigenvalue weighted by molar-refractivity contribution is 0.0988. The van der Waals surface area contributed by atoms with Gasteiger partial charge in [-0.05, 0) is 12.8 Å². The number of nitrogen functional groups attached to an aromatic ring is 1. The zero-order chi connectivity index (χ0) is 10.1. The number of nitrogens with two attached hydrogens (primary N) is 2. The Balaban J connectivity index is 2.37. The van der Waals surface area contributed by atoms with Gasteiger partial charge in [-0.15, -0.1) is 0 Å². The van der Waals surface area contributed by atoms with E-state index in [0.717, 1.165) is 12.8 Å². The quantitative estimate of drug-likeness (QED) is 0.725. The molecule has 0 atom stereocenters. The van der Waals surface area contributed by atoms with Crippen molar-refractivity contribution < 1.29 is 4.79 Å². The lowest BCUT2D eigenvalue weighted by Crippen LogP contribution is -2.21. The Morgan fingerprint density at radius 1 is 1.50 bits per heavy atom. The normalized spacial score (nSPS) is 17.4. The number of carbonyl (C=O) groups excluding carboxylic acids is 1. The molecule has 2 rings (SSSR count). The van der Waals surface area contributed by atoms with Crippen LogP contribution in [0.2, 0.25) is 0 Å². The maximum atomic E-state index is 11.1. The van der Waals surface area contributed by atoms with Crippen LogP contribution >= 0.6 is 0 Å². The number of hydrogen-bond acceptors (Lipinski definition) is 3. The Hall–Kier alpha value is -1.52. The average Bonchev–Trinajstić information content (AvgIpc) is 2.70.